The topological polar surface area (TPSA) is 166 Å². The molecule has 0 saturated heterocycles. The summed E-state index contributed by atoms with van der Waals surface area (Å²) in [6.45, 7) is 14.7. The molecule has 0 amide bonds. The lowest BCUT2D eigenvalue weighted by atomic mass is 10.0. The summed E-state index contributed by atoms with van der Waals surface area (Å²) in [5.41, 5.74) is 2.25. The number of aryl methyl sites for hydroxylation is 2. The average Bonchev–Trinajstić information content (AvgIpc) is 3.01. The fourth-order valence-electron chi connectivity index (χ4n) is 3.62. The molecule has 3 rings (SSSR count). The van der Waals surface area contributed by atoms with Crippen LogP contribution in [0.25, 0.3) is 0 Å². The molecule has 3 N–H and O–H groups in total. The number of aromatic amines is 2. The normalized spacial score (nSPS) is 10.7. The molecule has 270 valence electrons. The summed E-state index contributed by atoms with van der Waals surface area (Å²) in [6.07, 6.45) is 2.38. The lowest BCUT2D eigenvalue weighted by Gasteiger charge is -2.20. The lowest BCUT2D eigenvalue weighted by molar-refractivity contribution is -0.139. The van der Waals surface area contributed by atoms with Crippen LogP contribution in [-0.2, 0) is 32.1 Å². The second kappa shape index (κ2) is 22.0. The Hall–Kier alpha value is -2.97. The molecule has 0 bridgehead atoms. The van der Waals surface area contributed by atoms with E-state index in [-0.39, 0.29) is 38.6 Å². The summed E-state index contributed by atoms with van der Waals surface area (Å²) >= 11 is 22.0. The Morgan fingerprint density at radius 1 is 1.04 bits per heavy atom. The quantitative estimate of drug-likeness (QED) is 0.0583. The van der Waals surface area contributed by atoms with Crippen LogP contribution < -0.4 is 14.8 Å². The molecule has 0 unspecified atom stereocenters. The molecule has 2 aromatic heterocycles. The second-order valence-corrected chi connectivity index (χ2v) is 14.4. The number of aromatic nitrogens is 4. The lowest BCUT2D eigenvalue weighted by Crippen LogP contribution is -2.10. The van der Waals surface area contributed by atoms with Gasteiger partial charge in [0.1, 0.15) is 16.6 Å². The van der Waals surface area contributed by atoms with Crippen LogP contribution in [0.1, 0.15) is 87.9 Å². The summed E-state index contributed by atoms with van der Waals surface area (Å²) in [7, 11) is 0. The Kier molecular flexibility index (Phi) is 19.8. The minimum Gasteiger partial charge on any atom is -0.480 e. The van der Waals surface area contributed by atoms with Crippen molar-refractivity contribution in [1.82, 2.24) is 19.9 Å². The number of ether oxygens (including phenoxy) is 1. The van der Waals surface area contributed by atoms with Gasteiger partial charge in [0.15, 0.2) is 17.2 Å². The van der Waals surface area contributed by atoms with E-state index in [1.807, 2.05) is 34.6 Å². The van der Waals surface area contributed by atoms with Crippen molar-refractivity contribution >= 4 is 65.7 Å². The fourth-order valence-corrected chi connectivity index (χ4v) is 6.31. The monoisotopic (exact) mass is 776 g/mol. The maximum Gasteiger partial charge on any atom is 0.381 e. The van der Waals surface area contributed by atoms with Crippen molar-refractivity contribution in [3.63, 3.8) is 0 Å². The Labute approximate surface area is 306 Å². The molecule has 0 saturated carbocycles. The maximum atomic E-state index is 11.9. The number of H-pyrrole nitrogens is 2. The third-order valence-corrected chi connectivity index (χ3v) is 9.35. The largest absolute Gasteiger partial charge is 0.480 e. The van der Waals surface area contributed by atoms with Gasteiger partial charge < -0.3 is 19.4 Å². The number of nitrogens with one attached hydrogen (secondary N) is 2. The Morgan fingerprint density at radius 3 is 2.18 bits per heavy atom. The first-order valence-electron chi connectivity index (χ1n) is 15.3. The number of hydrogen-bond acceptors (Lipinski definition) is 11. The van der Waals surface area contributed by atoms with Crippen molar-refractivity contribution in [2.24, 2.45) is 0 Å². The average molecular weight is 778 g/mol. The highest BCUT2D eigenvalue weighted by molar-refractivity contribution is 8.07. The molecule has 0 aliphatic carbocycles. The zero-order chi connectivity index (χ0) is 37.3. The van der Waals surface area contributed by atoms with E-state index in [0.29, 0.717) is 35.9 Å². The molecule has 1 aromatic carbocycles. The van der Waals surface area contributed by atoms with Gasteiger partial charge in [-0.25, -0.2) is 9.78 Å². The zero-order valence-electron chi connectivity index (χ0n) is 28.6. The van der Waals surface area contributed by atoms with Crippen molar-refractivity contribution in [2.75, 3.05) is 19.8 Å². The molecule has 12 nitrogen and oxygen atoms in total. The van der Waals surface area contributed by atoms with Gasteiger partial charge in [-0.05, 0) is 63.5 Å². The zero-order valence-corrected chi connectivity index (χ0v) is 32.6. The molecule has 0 aliphatic rings. The number of Topliss-reactive ketones (excluding diaryl/α,β-unsaturated/α-hetero) is 1. The summed E-state index contributed by atoms with van der Waals surface area (Å²) in [6, 6.07) is 6.13. The minimum absolute atomic E-state index is 0.0117. The van der Waals surface area contributed by atoms with Crippen molar-refractivity contribution in [3.05, 3.63) is 84.4 Å². The number of allylic oxidation sites excluding steroid dienone is 1. The van der Waals surface area contributed by atoms with Crippen LogP contribution in [0.4, 0.5) is 0 Å². The number of aliphatic carboxylic acids is 1. The summed E-state index contributed by atoms with van der Waals surface area (Å²) in [5, 5.41) is 8.56. The number of rotatable bonds is 15. The van der Waals surface area contributed by atoms with Gasteiger partial charge in [0.2, 0.25) is 5.88 Å². The van der Waals surface area contributed by atoms with Gasteiger partial charge in [-0.15, -0.1) is 0 Å². The van der Waals surface area contributed by atoms with Crippen molar-refractivity contribution in [2.45, 2.75) is 73.6 Å². The highest BCUT2D eigenvalue weighted by atomic mass is 35.5. The second-order valence-electron chi connectivity index (χ2n) is 10.3. The Bertz CT molecular complexity index is 1710. The van der Waals surface area contributed by atoms with Crippen LogP contribution in [0.2, 0.25) is 10.0 Å². The van der Waals surface area contributed by atoms with Crippen LogP contribution in [0, 0.1) is 11.7 Å². The molecular weight excluding hydrogens is 734 g/mol. The highest BCUT2D eigenvalue weighted by Gasteiger charge is 2.23. The third kappa shape index (κ3) is 15.6. The maximum absolute atomic E-state index is 11.9. The van der Waals surface area contributed by atoms with Crippen LogP contribution in [0.5, 0.6) is 11.6 Å². The van der Waals surface area contributed by atoms with Gasteiger partial charge in [0.25, 0.3) is 5.56 Å². The summed E-state index contributed by atoms with van der Waals surface area (Å²) in [5.74, 6) is 0.0592. The van der Waals surface area contributed by atoms with Crippen molar-refractivity contribution in [3.8, 4) is 11.6 Å². The number of ketones is 1. The predicted molar refractivity (Wildman–Crippen MR) is 199 cm³/mol. The van der Waals surface area contributed by atoms with Crippen LogP contribution in [0.3, 0.4) is 0 Å². The van der Waals surface area contributed by atoms with Gasteiger partial charge in [-0.3, -0.25) is 23.6 Å². The van der Waals surface area contributed by atoms with E-state index in [9.17, 15) is 14.4 Å². The standard InChI is InChI=1S/C13H12Cl2O4.C12H21N2O3PS.C7H10N2OS/c1-3-7(2)13(18)8-4-5-9(12(15)11(8)14)19-6-10(16)17;1-6-15-18(19,16-7-2)17-11-8-10(5)13-12(14-11)9(3)4;1-2-3-5-4-6(10)9-7(11)8-5/h4-5H,2-3,6H2,1H3,(H,16,17);8-9H,6-7H2,1-5H3;4H,2-3H2,1H3,(H2,8,9,10,11). The first kappa shape index (κ1) is 44.1. The Morgan fingerprint density at radius 2 is 1.67 bits per heavy atom. The highest BCUT2D eigenvalue weighted by Crippen LogP contribution is 2.49. The number of carboxylic acids is 1. The molecular formula is C32H43Cl2N4O8PS2. The van der Waals surface area contributed by atoms with Crippen LogP contribution in [-0.4, -0.2) is 56.6 Å². The minimum atomic E-state index is -2.77. The number of carboxylic acid groups (broad SMARTS) is 1. The van der Waals surface area contributed by atoms with E-state index in [1.54, 1.807) is 19.1 Å². The summed E-state index contributed by atoms with van der Waals surface area (Å²) in [4.78, 5) is 47.3. The molecule has 2 heterocycles. The van der Waals surface area contributed by atoms with Gasteiger partial charge in [-0.2, -0.15) is 4.98 Å². The SMILES string of the molecule is C=C(CC)C(=O)c1ccc(OCC(=O)O)c(Cl)c1Cl.CCCc1cc(=O)[nH]c(=S)[nH]1.CCOP(=S)(OCC)Oc1cc(C)nc(C(C)C)n1. The molecule has 0 aliphatic heterocycles. The fraction of sp³-hybridized carbons (Fsp3) is 0.438. The smallest absolute Gasteiger partial charge is 0.381 e. The number of halogens is 2. The molecule has 0 fully saturated rings. The van der Waals surface area contributed by atoms with Crippen molar-refractivity contribution < 1.29 is 33.0 Å². The van der Waals surface area contributed by atoms with E-state index >= 15 is 0 Å². The molecule has 49 heavy (non-hydrogen) atoms. The first-order chi connectivity index (χ1) is 23.0. The van der Waals surface area contributed by atoms with E-state index in [1.165, 1.54) is 12.1 Å². The van der Waals surface area contributed by atoms with Crippen LogP contribution >= 0.6 is 42.1 Å². The van der Waals surface area contributed by atoms with E-state index < -0.39 is 19.3 Å². The predicted octanol–water partition coefficient (Wildman–Crippen LogP) is 8.58. The van der Waals surface area contributed by atoms with Gasteiger partial charge in [0.05, 0.1) is 18.2 Å². The van der Waals surface area contributed by atoms with E-state index in [0.717, 1.165) is 30.1 Å². The number of carbonyl (C=O) groups is 2. The number of benzene rings is 1. The van der Waals surface area contributed by atoms with Gasteiger partial charge in [-0.1, -0.05) is 63.9 Å². The molecule has 3 aromatic rings. The molecule has 0 atom stereocenters. The molecule has 0 radical (unpaired) electrons. The van der Waals surface area contributed by atoms with E-state index in [2.05, 4.69) is 33.4 Å². The molecule has 0 spiro atoms. The third-order valence-electron chi connectivity index (χ3n) is 5.87. The Balaban J connectivity index is 0.000000381. The first-order valence-corrected chi connectivity index (χ1v) is 19.0. The van der Waals surface area contributed by atoms with E-state index in [4.69, 9.17) is 70.6 Å². The van der Waals surface area contributed by atoms with Gasteiger partial charge in [0, 0.05) is 46.8 Å². The number of nitrogens with zero attached hydrogens (tertiary/aromatic N) is 2. The van der Waals surface area contributed by atoms with Crippen molar-refractivity contribution in [1.29, 1.82) is 0 Å². The van der Waals surface area contributed by atoms with Gasteiger partial charge >= 0.3 is 12.7 Å². The summed E-state index contributed by atoms with van der Waals surface area (Å²) < 4.78 is 21.9. The molecule has 17 heteroatoms. The number of hydrogen-bond donors (Lipinski definition) is 3. The number of carbonyl (C=O) groups excluding carboxylic acids is 1. The van der Waals surface area contributed by atoms with Crippen LogP contribution in [0.15, 0.2) is 41.2 Å².